The molecule has 0 fully saturated rings. The van der Waals surface area contributed by atoms with Crippen molar-refractivity contribution in [2.45, 2.75) is 12.8 Å². The maximum absolute atomic E-state index is 11.9. The van der Waals surface area contributed by atoms with Gasteiger partial charge in [-0.05, 0) is 36.4 Å². The van der Waals surface area contributed by atoms with Crippen LogP contribution in [0.2, 0.25) is 0 Å². The molecule has 1 aromatic heterocycles. The highest BCUT2D eigenvalue weighted by Crippen LogP contribution is 2.15. The highest BCUT2D eigenvalue weighted by molar-refractivity contribution is 9.10. The van der Waals surface area contributed by atoms with Gasteiger partial charge in [-0.2, -0.15) is 0 Å². The van der Waals surface area contributed by atoms with Crippen LogP contribution in [0.3, 0.4) is 0 Å². The van der Waals surface area contributed by atoms with E-state index in [1.807, 2.05) is 48.5 Å². The van der Waals surface area contributed by atoms with Crippen molar-refractivity contribution in [3.63, 3.8) is 0 Å². The second-order valence-electron chi connectivity index (χ2n) is 4.76. The standard InChI is InChI=1S/C16H14BrN3O/c17-11-5-7-12(8-6-11)18-16(21)10-9-15-19-13-3-1-2-4-14(13)20-15/h1-8H,9-10H2,(H,18,21)(H,19,20). The molecule has 1 amide bonds. The van der Waals surface area contributed by atoms with E-state index in [0.29, 0.717) is 12.8 Å². The lowest BCUT2D eigenvalue weighted by Gasteiger charge is -2.04. The number of nitrogens with zero attached hydrogens (tertiary/aromatic N) is 1. The van der Waals surface area contributed by atoms with E-state index in [1.165, 1.54) is 0 Å². The van der Waals surface area contributed by atoms with Gasteiger partial charge in [-0.3, -0.25) is 4.79 Å². The zero-order valence-corrected chi connectivity index (χ0v) is 12.9. The SMILES string of the molecule is O=C(CCc1nc2ccccc2[nH]1)Nc1ccc(Br)cc1. The number of hydrogen-bond acceptors (Lipinski definition) is 2. The number of H-pyrrole nitrogens is 1. The summed E-state index contributed by atoms with van der Waals surface area (Å²) in [5.41, 5.74) is 2.73. The van der Waals surface area contributed by atoms with Gasteiger partial charge in [-0.15, -0.1) is 0 Å². The van der Waals surface area contributed by atoms with Crippen LogP contribution >= 0.6 is 15.9 Å². The molecule has 106 valence electrons. The van der Waals surface area contributed by atoms with E-state index in [9.17, 15) is 4.79 Å². The van der Waals surface area contributed by atoms with Crippen molar-refractivity contribution in [1.29, 1.82) is 0 Å². The predicted octanol–water partition coefficient (Wildman–Crippen LogP) is 3.90. The number of aryl methyl sites for hydroxylation is 1. The Bertz CT molecular complexity index is 732. The van der Waals surface area contributed by atoms with Gasteiger partial charge < -0.3 is 10.3 Å². The Hall–Kier alpha value is -2.14. The molecule has 0 spiro atoms. The minimum atomic E-state index is -0.0159. The fourth-order valence-electron chi connectivity index (χ4n) is 2.11. The van der Waals surface area contributed by atoms with E-state index in [0.717, 1.165) is 27.0 Å². The number of hydrogen-bond donors (Lipinski definition) is 2. The summed E-state index contributed by atoms with van der Waals surface area (Å²) in [6.45, 7) is 0. The number of carbonyl (C=O) groups excluding carboxylic acids is 1. The molecule has 2 aromatic carbocycles. The number of carbonyl (C=O) groups is 1. The number of aromatic nitrogens is 2. The van der Waals surface area contributed by atoms with Crippen molar-refractivity contribution in [3.05, 3.63) is 58.8 Å². The molecule has 0 saturated carbocycles. The molecule has 0 unspecified atom stereocenters. The van der Waals surface area contributed by atoms with Crippen molar-refractivity contribution >= 4 is 38.6 Å². The third-order valence-electron chi connectivity index (χ3n) is 3.16. The summed E-state index contributed by atoms with van der Waals surface area (Å²) in [7, 11) is 0. The Balaban J connectivity index is 1.59. The first kappa shape index (κ1) is 13.8. The molecule has 3 aromatic rings. The van der Waals surface area contributed by atoms with Crippen LogP contribution in [0.25, 0.3) is 11.0 Å². The molecular weight excluding hydrogens is 330 g/mol. The van der Waals surface area contributed by atoms with Crippen LogP contribution in [0.4, 0.5) is 5.69 Å². The average Bonchev–Trinajstić information content (AvgIpc) is 2.90. The van der Waals surface area contributed by atoms with Gasteiger partial charge in [-0.25, -0.2) is 4.98 Å². The smallest absolute Gasteiger partial charge is 0.224 e. The molecule has 1 heterocycles. The first-order valence-corrected chi connectivity index (χ1v) is 7.49. The van der Waals surface area contributed by atoms with Gasteiger partial charge >= 0.3 is 0 Å². The molecule has 0 aliphatic rings. The first-order valence-electron chi connectivity index (χ1n) is 6.70. The van der Waals surface area contributed by atoms with Crippen molar-refractivity contribution in [2.75, 3.05) is 5.32 Å². The number of imidazole rings is 1. The summed E-state index contributed by atoms with van der Waals surface area (Å²) in [4.78, 5) is 19.6. The van der Waals surface area contributed by atoms with E-state index in [2.05, 4.69) is 31.2 Å². The van der Waals surface area contributed by atoms with Crippen molar-refractivity contribution in [2.24, 2.45) is 0 Å². The summed E-state index contributed by atoms with van der Waals surface area (Å²) < 4.78 is 0.989. The van der Waals surface area contributed by atoms with E-state index in [-0.39, 0.29) is 5.91 Å². The van der Waals surface area contributed by atoms with Gasteiger partial charge in [0.15, 0.2) is 0 Å². The Labute approximate surface area is 130 Å². The Kier molecular flexibility index (Phi) is 4.01. The van der Waals surface area contributed by atoms with E-state index >= 15 is 0 Å². The van der Waals surface area contributed by atoms with Gasteiger partial charge in [0, 0.05) is 23.0 Å². The largest absolute Gasteiger partial charge is 0.342 e. The number of para-hydroxylation sites is 2. The molecule has 0 atom stereocenters. The summed E-state index contributed by atoms with van der Waals surface area (Å²) in [5.74, 6) is 0.819. The molecule has 0 bridgehead atoms. The van der Waals surface area contributed by atoms with Gasteiger partial charge in [-0.1, -0.05) is 28.1 Å². The monoisotopic (exact) mass is 343 g/mol. The number of fused-ring (bicyclic) bond motifs is 1. The van der Waals surface area contributed by atoms with E-state index < -0.39 is 0 Å². The first-order chi connectivity index (χ1) is 10.2. The minimum Gasteiger partial charge on any atom is -0.342 e. The van der Waals surface area contributed by atoms with Crippen molar-refractivity contribution < 1.29 is 4.79 Å². The fourth-order valence-corrected chi connectivity index (χ4v) is 2.38. The predicted molar refractivity (Wildman–Crippen MR) is 87.2 cm³/mol. The molecule has 3 rings (SSSR count). The zero-order chi connectivity index (χ0) is 14.7. The molecule has 21 heavy (non-hydrogen) atoms. The molecule has 4 nitrogen and oxygen atoms in total. The summed E-state index contributed by atoms with van der Waals surface area (Å²) >= 11 is 3.36. The normalized spacial score (nSPS) is 10.7. The van der Waals surface area contributed by atoms with Crippen LogP contribution in [0.5, 0.6) is 0 Å². The zero-order valence-electron chi connectivity index (χ0n) is 11.3. The van der Waals surface area contributed by atoms with E-state index in [1.54, 1.807) is 0 Å². The van der Waals surface area contributed by atoms with Crippen molar-refractivity contribution in [1.82, 2.24) is 9.97 Å². The number of halogens is 1. The highest BCUT2D eigenvalue weighted by Gasteiger charge is 2.06. The van der Waals surface area contributed by atoms with Crippen LogP contribution < -0.4 is 5.32 Å². The van der Waals surface area contributed by atoms with Gasteiger partial charge in [0.25, 0.3) is 0 Å². The lowest BCUT2D eigenvalue weighted by molar-refractivity contribution is -0.116. The Morgan fingerprint density at radius 1 is 1.14 bits per heavy atom. The maximum atomic E-state index is 11.9. The highest BCUT2D eigenvalue weighted by atomic mass is 79.9. The third kappa shape index (κ3) is 3.49. The van der Waals surface area contributed by atoms with Crippen LogP contribution in [0.1, 0.15) is 12.2 Å². The van der Waals surface area contributed by atoms with Crippen LogP contribution in [-0.4, -0.2) is 15.9 Å². The fraction of sp³-hybridized carbons (Fsp3) is 0.125. The minimum absolute atomic E-state index is 0.0159. The second-order valence-corrected chi connectivity index (χ2v) is 5.67. The molecule has 0 saturated heterocycles. The molecule has 0 aliphatic carbocycles. The van der Waals surface area contributed by atoms with Gasteiger partial charge in [0.2, 0.25) is 5.91 Å². The topological polar surface area (TPSA) is 57.8 Å². The number of nitrogens with one attached hydrogen (secondary N) is 2. The summed E-state index contributed by atoms with van der Waals surface area (Å²) in [6, 6.07) is 15.4. The molecule has 2 N–H and O–H groups in total. The lowest BCUT2D eigenvalue weighted by Crippen LogP contribution is -2.12. The molecular formula is C16H14BrN3O. The van der Waals surface area contributed by atoms with Gasteiger partial charge in [0.05, 0.1) is 11.0 Å². The molecule has 0 aliphatic heterocycles. The number of benzene rings is 2. The lowest BCUT2D eigenvalue weighted by atomic mass is 10.2. The number of amides is 1. The van der Waals surface area contributed by atoms with Crippen LogP contribution in [0, 0.1) is 0 Å². The number of rotatable bonds is 4. The van der Waals surface area contributed by atoms with Crippen molar-refractivity contribution in [3.8, 4) is 0 Å². The number of aromatic amines is 1. The maximum Gasteiger partial charge on any atom is 0.224 e. The van der Waals surface area contributed by atoms with Crippen LogP contribution in [0.15, 0.2) is 53.0 Å². The Morgan fingerprint density at radius 2 is 1.90 bits per heavy atom. The summed E-state index contributed by atoms with van der Waals surface area (Å²) in [5, 5.41) is 2.87. The van der Waals surface area contributed by atoms with Gasteiger partial charge in [0.1, 0.15) is 5.82 Å². The third-order valence-corrected chi connectivity index (χ3v) is 3.68. The Morgan fingerprint density at radius 3 is 2.67 bits per heavy atom. The number of anilines is 1. The average molecular weight is 344 g/mol. The van der Waals surface area contributed by atoms with Crippen LogP contribution in [-0.2, 0) is 11.2 Å². The molecule has 5 heteroatoms. The quantitative estimate of drug-likeness (QED) is 0.754. The van der Waals surface area contributed by atoms with E-state index in [4.69, 9.17) is 0 Å². The second kappa shape index (κ2) is 6.10. The molecule has 0 radical (unpaired) electrons. The summed E-state index contributed by atoms with van der Waals surface area (Å²) in [6.07, 6.45) is 0.993.